The van der Waals surface area contributed by atoms with Gasteiger partial charge in [-0.3, -0.25) is 4.79 Å². The predicted molar refractivity (Wildman–Crippen MR) is 75.0 cm³/mol. The topological polar surface area (TPSA) is 56.0 Å². The Kier molecular flexibility index (Phi) is 4.47. The molecular weight excluding hydrogens is 308 g/mol. The van der Waals surface area contributed by atoms with Crippen molar-refractivity contribution in [3.8, 4) is 0 Å². The number of halogens is 1. The quantitative estimate of drug-likeness (QED) is 0.845. The minimum atomic E-state index is -0.288. The number of nitrogens with zero attached hydrogens (tertiary/aromatic N) is 2. The second-order valence-corrected chi connectivity index (χ2v) is 5.34. The van der Waals surface area contributed by atoms with Gasteiger partial charge in [0.15, 0.2) is 5.82 Å². The molecule has 0 bridgehead atoms. The minimum absolute atomic E-state index is 0.0557. The van der Waals surface area contributed by atoms with Crippen molar-refractivity contribution < 1.29 is 9.32 Å². The number of carbonyl (C=O) groups excluding carboxylic acids is 1. The number of rotatable bonds is 5. The fourth-order valence-corrected chi connectivity index (χ4v) is 2.39. The summed E-state index contributed by atoms with van der Waals surface area (Å²) < 4.78 is 6.21. The fourth-order valence-electron chi connectivity index (χ4n) is 1.95. The Morgan fingerprint density at radius 3 is 2.89 bits per heavy atom. The van der Waals surface area contributed by atoms with Crippen molar-refractivity contribution in [1.82, 2.24) is 10.1 Å². The first-order valence-electron chi connectivity index (χ1n) is 6.17. The van der Waals surface area contributed by atoms with Gasteiger partial charge in [0.25, 0.3) is 0 Å². The van der Waals surface area contributed by atoms with Gasteiger partial charge in [-0.1, -0.05) is 40.1 Å². The zero-order chi connectivity index (χ0) is 13.8. The predicted octanol–water partition coefficient (Wildman–Crippen LogP) is 3.51. The van der Waals surface area contributed by atoms with Crippen LogP contribution in [0.5, 0.6) is 0 Å². The van der Waals surface area contributed by atoms with E-state index < -0.39 is 0 Å². The standard InChI is InChI=1S/C14H15BrN2O2/c1-3-12(9(2)18)14-16-13(17-19-14)8-10-5-4-6-11(15)7-10/h4-7,12H,3,8H2,1-2H3. The number of benzene rings is 1. The van der Waals surface area contributed by atoms with Crippen LogP contribution in [0.1, 0.15) is 43.5 Å². The maximum atomic E-state index is 11.5. The summed E-state index contributed by atoms with van der Waals surface area (Å²) in [6, 6.07) is 7.94. The van der Waals surface area contributed by atoms with Crippen LogP contribution in [0.2, 0.25) is 0 Å². The zero-order valence-electron chi connectivity index (χ0n) is 10.9. The number of hydrogen-bond donors (Lipinski definition) is 0. The van der Waals surface area contributed by atoms with Gasteiger partial charge in [-0.05, 0) is 31.0 Å². The summed E-state index contributed by atoms with van der Waals surface area (Å²) in [6.45, 7) is 3.48. The Bertz CT molecular complexity index is 580. The summed E-state index contributed by atoms with van der Waals surface area (Å²) in [4.78, 5) is 15.8. The lowest BCUT2D eigenvalue weighted by molar-refractivity contribution is -0.119. The van der Waals surface area contributed by atoms with E-state index in [9.17, 15) is 4.79 Å². The molecule has 0 saturated heterocycles. The maximum Gasteiger partial charge on any atom is 0.237 e. The Morgan fingerprint density at radius 1 is 1.47 bits per heavy atom. The lowest BCUT2D eigenvalue weighted by Gasteiger charge is -2.03. The van der Waals surface area contributed by atoms with Gasteiger partial charge in [0, 0.05) is 10.9 Å². The molecule has 1 unspecified atom stereocenters. The summed E-state index contributed by atoms with van der Waals surface area (Å²) in [6.07, 6.45) is 1.27. The molecule has 100 valence electrons. The number of carbonyl (C=O) groups is 1. The molecular formula is C14H15BrN2O2. The van der Waals surface area contributed by atoms with Gasteiger partial charge < -0.3 is 4.52 Å². The van der Waals surface area contributed by atoms with Crippen LogP contribution in [0.15, 0.2) is 33.3 Å². The molecule has 0 aliphatic rings. The second kappa shape index (κ2) is 6.10. The molecule has 1 aromatic carbocycles. The van der Waals surface area contributed by atoms with Gasteiger partial charge in [0.05, 0.1) is 5.92 Å². The molecule has 2 aromatic rings. The average Bonchev–Trinajstić information content (AvgIpc) is 2.78. The first-order valence-corrected chi connectivity index (χ1v) is 6.96. The van der Waals surface area contributed by atoms with Gasteiger partial charge in [0.1, 0.15) is 5.78 Å². The zero-order valence-corrected chi connectivity index (χ0v) is 12.5. The highest BCUT2D eigenvalue weighted by Gasteiger charge is 2.21. The van der Waals surface area contributed by atoms with E-state index in [-0.39, 0.29) is 11.7 Å². The molecule has 0 N–H and O–H groups in total. The van der Waals surface area contributed by atoms with E-state index in [2.05, 4.69) is 26.1 Å². The Balaban J connectivity index is 2.15. The number of Topliss-reactive ketones (excluding diaryl/α,β-unsaturated/α-hetero) is 1. The van der Waals surface area contributed by atoms with Crippen molar-refractivity contribution >= 4 is 21.7 Å². The van der Waals surface area contributed by atoms with Crippen molar-refractivity contribution in [3.05, 3.63) is 46.0 Å². The van der Waals surface area contributed by atoms with E-state index in [4.69, 9.17) is 4.52 Å². The summed E-state index contributed by atoms with van der Waals surface area (Å²) in [7, 11) is 0. The molecule has 2 rings (SSSR count). The van der Waals surface area contributed by atoms with E-state index >= 15 is 0 Å². The molecule has 4 nitrogen and oxygen atoms in total. The van der Waals surface area contributed by atoms with Crippen LogP contribution in [0.3, 0.4) is 0 Å². The molecule has 0 aliphatic heterocycles. The summed E-state index contributed by atoms with van der Waals surface area (Å²) >= 11 is 3.43. The molecule has 0 radical (unpaired) electrons. The normalized spacial score (nSPS) is 12.4. The van der Waals surface area contributed by atoms with E-state index in [1.54, 1.807) is 6.92 Å². The molecule has 1 aromatic heterocycles. The smallest absolute Gasteiger partial charge is 0.237 e. The molecule has 5 heteroatoms. The van der Waals surface area contributed by atoms with E-state index in [1.807, 2.05) is 31.2 Å². The van der Waals surface area contributed by atoms with Gasteiger partial charge >= 0.3 is 0 Å². The Hall–Kier alpha value is -1.49. The molecule has 19 heavy (non-hydrogen) atoms. The summed E-state index contributed by atoms with van der Waals surface area (Å²) in [5.74, 6) is 0.789. The van der Waals surface area contributed by atoms with Crippen molar-refractivity contribution in [1.29, 1.82) is 0 Å². The summed E-state index contributed by atoms with van der Waals surface area (Å²) in [5, 5.41) is 3.94. The molecule has 0 spiro atoms. The first kappa shape index (κ1) is 13.9. The summed E-state index contributed by atoms with van der Waals surface area (Å²) in [5.41, 5.74) is 1.09. The van der Waals surface area contributed by atoms with Crippen LogP contribution in [0.25, 0.3) is 0 Å². The molecule has 0 fully saturated rings. The van der Waals surface area contributed by atoms with Crippen molar-refractivity contribution in [2.24, 2.45) is 0 Å². The highest BCUT2D eigenvalue weighted by molar-refractivity contribution is 9.10. The van der Waals surface area contributed by atoms with Gasteiger partial charge in [-0.15, -0.1) is 0 Å². The highest BCUT2D eigenvalue weighted by atomic mass is 79.9. The van der Waals surface area contributed by atoms with Gasteiger partial charge in [-0.25, -0.2) is 0 Å². The Morgan fingerprint density at radius 2 is 2.26 bits per heavy atom. The van der Waals surface area contributed by atoms with Crippen LogP contribution in [0, 0.1) is 0 Å². The van der Waals surface area contributed by atoms with E-state index in [1.165, 1.54) is 0 Å². The van der Waals surface area contributed by atoms with Crippen LogP contribution in [0.4, 0.5) is 0 Å². The SMILES string of the molecule is CCC(C(C)=O)c1nc(Cc2cccc(Br)c2)no1. The van der Waals surface area contributed by atoms with E-state index in [0.717, 1.165) is 10.0 Å². The fraction of sp³-hybridized carbons (Fsp3) is 0.357. The van der Waals surface area contributed by atoms with Crippen LogP contribution < -0.4 is 0 Å². The van der Waals surface area contributed by atoms with Crippen LogP contribution >= 0.6 is 15.9 Å². The number of aromatic nitrogens is 2. The third-order valence-electron chi connectivity index (χ3n) is 2.93. The lowest BCUT2D eigenvalue weighted by atomic mass is 10.0. The van der Waals surface area contributed by atoms with Crippen molar-refractivity contribution in [2.75, 3.05) is 0 Å². The second-order valence-electron chi connectivity index (χ2n) is 4.43. The maximum absolute atomic E-state index is 11.5. The monoisotopic (exact) mass is 322 g/mol. The van der Waals surface area contributed by atoms with Gasteiger partial charge in [0.2, 0.25) is 5.89 Å². The molecule has 0 amide bonds. The lowest BCUT2D eigenvalue weighted by Crippen LogP contribution is -2.08. The molecule has 1 atom stereocenters. The van der Waals surface area contributed by atoms with Gasteiger partial charge in [-0.2, -0.15) is 4.98 Å². The third-order valence-corrected chi connectivity index (χ3v) is 3.43. The molecule has 0 saturated carbocycles. The number of ketones is 1. The van der Waals surface area contributed by atoms with Crippen molar-refractivity contribution in [3.63, 3.8) is 0 Å². The molecule has 1 heterocycles. The Labute approximate surface area is 120 Å². The first-order chi connectivity index (χ1) is 9.10. The highest BCUT2D eigenvalue weighted by Crippen LogP contribution is 2.20. The average molecular weight is 323 g/mol. The minimum Gasteiger partial charge on any atom is -0.339 e. The molecule has 0 aliphatic carbocycles. The van der Waals surface area contributed by atoms with E-state index in [0.29, 0.717) is 24.6 Å². The van der Waals surface area contributed by atoms with Crippen LogP contribution in [-0.4, -0.2) is 15.9 Å². The third kappa shape index (κ3) is 3.50. The van der Waals surface area contributed by atoms with Crippen LogP contribution in [-0.2, 0) is 11.2 Å². The number of hydrogen-bond acceptors (Lipinski definition) is 4. The largest absolute Gasteiger partial charge is 0.339 e. The van der Waals surface area contributed by atoms with Crippen molar-refractivity contribution in [2.45, 2.75) is 32.6 Å².